The van der Waals surface area contributed by atoms with E-state index in [0.29, 0.717) is 24.7 Å². The minimum Gasteiger partial charge on any atom is -0.456 e. The first-order valence-electron chi connectivity index (χ1n) is 11.6. The molecule has 0 radical (unpaired) electrons. The van der Waals surface area contributed by atoms with Crippen molar-refractivity contribution in [3.05, 3.63) is 53.3 Å². The van der Waals surface area contributed by atoms with Gasteiger partial charge in [-0.05, 0) is 73.9 Å². The van der Waals surface area contributed by atoms with Crippen LogP contribution in [0, 0.1) is 0 Å². The molecule has 1 saturated carbocycles. The van der Waals surface area contributed by atoms with Gasteiger partial charge in [-0.3, -0.25) is 9.69 Å². The van der Waals surface area contributed by atoms with Crippen LogP contribution in [0.5, 0.6) is 11.5 Å². The maximum absolute atomic E-state index is 12.4. The normalized spacial score (nSPS) is 20.4. The third-order valence-corrected chi connectivity index (χ3v) is 6.87. The molecular weight excluding hydrogens is 390 g/mol. The summed E-state index contributed by atoms with van der Waals surface area (Å²) >= 11 is 0. The number of hydrogen-bond acceptors (Lipinski definition) is 5. The van der Waals surface area contributed by atoms with Gasteiger partial charge in [0.1, 0.15) is 17.2 Å². The largest absolute Gasteiger partial charge is 0.456 e. The standard InChI is InChI=1S/C25H31N3O3/c29-25(27-20-10-14-30-15-11-20)24-7-6-23(17-26-24)31-22-5-4-18-8-12-28(21-2-1-3-21)13-9-19(18)16-22/h4-7,16-17,20-21H,1-3,8-15H2,(H,27,29). The van der Waals surface area contributed by atoms with Crippen LogP contribution < -0.4 is 10.1 Å². The van der Waals surface area contributed by atoms with E-state index in [1.807, 2.05) is 12.1 Å². The monoisotopic (exact) mass is 421 g/mol. The fraction of sp³-hybridized carbons (Fsp3) is 0.520. The predicted molar refractivity (Wildman–Crippen MR) is 119 cm³/mol. The molecule has 0 spiro atoms. The average Bonchev–Trinajstić information content (AvgIpc) is 2.96. The topological polar surface area (TPSA) is 63.7 Å². The first-order valence-corrected chi connectivity index (χ1v) is 11.6. The molecule has 1 aromatic carbocycles. The Balaban J connectivity index is 1.19. The summed E-state index contributed by atoms with van der Waals surface area (Å²) in [5.41, 5.74) is 3.24. The van der Waals surface area contributed by atoms with E-state index in [1.165, 1.54) is 36.9 Å². The van der Waals surface area contributed by atoms with Crippen LogP contribution in [0.3, 0.4) is 0 Å². The lowest BCUT2D eigenvalue weighted by Gasteiger charge is -2.36. The van der Waals surface area contributed by atoms with Crippen molar-refractivity contribution in [2.24, 2.45) is 0 Å². The number of nitrogens with one attached hydrogen (secondary N) is 1. The van der Waals surface area contributed by atoms with Gasteiger partial charge in [0.25, 0.3) is 5.91 Å². The number of aromatic nitrogens is 1. The molecular formula is C25H31N3O3. The van der Waals surface area contributed by atoms with Gasteiger partial charge in [-0.1, -0.05) is 12.5 Å². The minimum atomic E-state index is -0.139. The summed E-state index contributed by atoms with van der Waals surface area (Å²) in [4.78, 5) is 19.4. The average molecular weight is 422 g/mol. The van der Waals surface area contributed by atoms with Crippen LogP contribution in [0.15, 0.2) is 36.5 Å². The minimum absolute atomic E-state index is 0.139. The second-order valence-electron chi connectivity index (χ2n) is 8.89. The second kappa shape index (κ2) is 9.37. The van der Waals surface area contributed by atoms with E-state index >= 15 is 0 Å². The molecule has 1 saturated heterocycles. The number of ether oxygens (including phenoxy) is 2. The number of carbonyl (C=O) groups excluding carboxylic acids is 1. The third-order valence-electron chi connectivity index (χ3n) is 6.87. The zero-order valence-electron chi connectivity index (χ0n) is 18.0. The van der Waals surface area contributed by atoms with Gasteiger partial charge in [0.05, 0.1) is 6.20 Å². The van der Waals surface area contributed by atoms with Crippen LogP contribution >= 0.6 is 0 Å². The highest BCUT2D eigenvalue weighted by Gasteiger charge is 2.26. The van der Waals surface area contributed by atoms with Crippen molar-refractivity contribution in [3.63, 3.8) is 0 Å². The SMILES string of the molecule is O=C(NC1CCOCC1)c1ccc(Oc2ccc3c(c2)CCN(C2CCC2)CC3)cn1. The highest BCUT2D eigenvalue weighted by atomic mass is 16.5. The van der Waals surface area contributed by atoms with Crippen molar-refractivity contribution in [1.82, 2.24) is 15.2 Å². The van der Waals surface area contributed by atoms with E-state index in [0.717, 1.165) is 44.0 Å². The molecule has 1 amide bonds. The summed E-state index contributed by atoms with van der Waals surface area (Å²) in [6, 6.07) is 10.9. The maximum atomic E-state index is 12.4. The Kier molecular flexibility index (Phi) is 6.18. The van der Waals surface area contributed by atoms with Gasteiger partial charge in [0.2, 0.25) is 0 Å². The predicted octanol–water partition coefficient (Wildman–Crippen LogP) is 3.74. The van der Waals surface area contributed by atoms with Crippen LogP contribution in [0.25, 0.3) is 0 Å². The smallest absolute Gasteiger partial charge is 0.270 e. The van der Waals surface area contributed by atoms with Crippen LogP contribution in [0.4, 0.5) is 0 Å². The molecule has 164 valence electrons. The van der Waals surface area contributed by atoms with E-state index in [1.54, 1.807) is 12.3 Å². The maximum Gasteiger partial charge on any atom is 0.270 e. The Morgan fingerprint density at radius 2 is 1.77 bits per heavy atom. The lowest BCUT2D eigenvalue weighted by atomic mass is 9.91. The zero-order valence-corrected chi connectivity index (χ0v) is 18.0. The van der Waals surface area contributed by atoms with Gasteiger partial charge in [0, 0.05) is 38.4 Å². The molecule has 3 aliphatic rings. The summed E-state index contributed by atoms with van der Waals surface area (Å²) < 4.78 is 11.4. The van der Waals surface area contributed by atoms with Crippen LogP contribution in [-0.2, 0) is 17.6 Å². The number of amides is 1. The van der Waals surface area contributed by atoms with Gasteiger partial charge < -0.3 is 14.8 Å². The number of rotatable bonds is 5. The van der Waals surface area contributed by atoms with Gasteiger partial charge >= 0.3 is 0 Å². The van der Waals surface area contributed by atoms with E-state index in [9.17, 15) is 4.79 Å². The number of pyridine rings is 1. The van der Waals surface area contributed by atoms with Crippen molar-refractivity contribution in [3.8, 4) is 11.5 Å². The van der Waals surface area contributed by atoms with Crippen LogP contribution in [-0.4, -0.2) is 54.2 Å². The quantitative estimate of drug-likeness (QED) is 0.797. The fourth-order valence-electron chi connectivity index (χ4n) is 4.71. The third kappa shape index (κ3) is 4.91. The van der Waals surface area contributed by atoms with Gasteiger partial charge in [0.15, 0.2) is 0 Å². The molecule has 0 bridgehead atoms. The first kappa shape index (κ1) is 20.5. The van der Waals surface area contributed by atoms with E-state index in [2.05, 4.69) is 27.3 Å². The molecule has 0 unspecified atom stereocenters. The number of nitrogens with zero attached hydrogens (tertiary/aromatic N) is 2. The highest BCUT2D eigenvalue weighted by Crippen LogP contribution is 2.29. The second-order valence-corrected chi connectivity index (χ2v) is 8.89. The van der Waals surface area contributed by atoms with Crippen molar-refractivity contribution < 1.29 is 14.3 Å². The van der Waals surface area contributed by atoms with Gasteiger partial charge in [-0.2, -0.15) is 0 Å². The molecule has 6 heteroatoms. The van der Waals surface area contributed by atoms with E-state index < -0.39 is 0 Å². The molecule has 6 nitrogen and oxygen atoms in total. The van der Waals surface area contributed by atoms with Crippen molar-refractivity contribution in [2.75, 3.05) is 26.3 Å². The van der Waals surface area contributed by atoms with E-state index in [-0.39, 0.29) is 11.9 Å². The van der Waals surface area contributed by atoms with Gasteiger partial charge in [-0.25, -0.2) is 4.98 Å². The number of hydrogen-bond donors (Lipinski definition) is 1. The molecule has 3 heterocycles. The molecule has 2 aliphatic heterocycles. The van der Waals surface area contributed by atoms with Gasteiger partial charge in [-0.15, -0.1) is 0 Å². The Morgan fingerprint density at radius 3 is 2.48 bits per heavy atom. The molecule has 2 fully saturated rings. The fourth-order valence-corrected chi connectivity index (χ4v) is 4.71. The number of fused-ring (bicyclic) bond motifs is 1. The van der Waals surface area contributed by atoms with Crippen molar-refractivity contribution in [1.29, 1.82) is 0 Å². The Bertz CT molecular complexity index is 905. The molecule has 1 aliphatic carbocycles. The van der Waals surface area contributed by atoms with Crippen molar-refractivity contribution in [2.45, 2.75) is 57.0 Å². The molecule has 1 aromatic heterocycles. The van der Waals surface area contributed by atoms with Crippen molar-refractivity contribution >= 4 is 5.91 Å². The highest BCUT2D eigenvalue weighted by molar-refractivity contribution is 5.92. The molecule has 2 aromatic rings. The summed E-state index contributed by atoms with van der Waals surface area (Å²) in [5, 5.41) is 3.04. The molecule has 0 atom stereocenters. The molecule has 1 N–H and O–H groups in total. The zero-order chi connectivity index (χ0) is 21.0. The Morgan fingerprint density at radius 1 is 1.00 bits per heavy atom. The summed E-state index contributed by atoms with van der Waals surface area (Å²) in [5.74, 6) is 1.34. The lowest BCUT2D eigenvalue weighted by molar-refractivity contribution is 0.0694. The number of carbonyl (C=O) groups is 1. The summed E-state index contributed by atoms with van der Waals surface area (Å²) in [6.07, 6.45) is 9.63. The lowest BCUT2D eigenvalue weighted by Crippen LogP contribution is -2.41. The first-order chi connectivity index (χ1) is 15.2. The van der Waals surface area contributed by atoms with Crippen LogP contribution in [0.2, 0.25) is 0 Å². The molecule has 31 heavy (non-hydrogen) atoms. The number of benzene rings is 1. The summed E-state index contributed by atoms with van der Waals surface area (Å²) in [6.45, 7) is 3.70. The Labute approximate surface area is 183 Å². The van der Waals surface area contributed by atoms with E-state index in [4.69, 9.17) is 9.47 Å². The molecule has 5 rings (SSSR count). The Hall–Kier alpha value is -2.44. The summed E-state index contributed by atoms with van der Waals surface area (Å²) in [7, 11) is 0. The van der Waals surface area contributed by atoms with Crippen LogP contribution in [0.1, 0.15) is 53.7 Å².